The smallest absolute Gasteiger partial charge is 0.162 e. The van der Waals surface area contributed by atoms with E-state index in [4.69, 9.17) is 9.97 Å². The van der Waals surface area contributed by atoms with Gasteiger partial charge in [-0.15, -0.1) is 0 Å². The summed E-state index contributed by atoms with van der Waals surface area (Å²) in [6, 6.07) is 60.0. The Hall–Kier alpha value is -7.30. The zero-order valence-electron chi connectivity index (χ0n) is 29.3. The van der Waals surface area contributed by atoms with Gasteiger partial charge in [-0.2, -0.15) is 0 Å². The third-order valence-corrected chi connectivity index (χ3v) is 10.3. The molecule has 0 aliphatic heterocycles. The molecule has 10 rings (SSSR count). The highest BCUT2D eigenvalue weighted by Gasteiger charge is 2.18. The lowest BCUT2D eigenvalue weighted by atomic mass is 9.85. The fraction of sp³-hybridized carbons (Fsp3) is 0. The molecule has 3 aromatic heterocycles. The molecule has 0 amide bonds. The molecule has 4 heteroatoms. The van der Waals surface area contributed by atoms with Gasteiger partial charge < -0.3 is 0 Å². The second kappa shape index (κ2) is 13.4. The Morgan fingerprint density at radius 2 is 0.833 bits per heavy atom. The van der Waals surface area contributed by atoms with Crippen LogP contribution >= 0.6 is 0 Å². The fourth-order valence-electron chi connectivity index (χ4n) is 7.73. The van der Waals surface area contributed by atoms with Crippen molar-refractivity contribution in [2.45, 2.75) is 0 Å². The van der Waals surface area contributed by atoms with Gasteiger partial charge in [-0.25, -0.2) is 9.97 Å². The number of aromatic nitrogens is 4. The molecule has 10 aromatic rings. The first-order valence-electron chi connectivity index (χ1n) is 18.1. The molecule has 3 heterocycles. The highest BCUT2D eigenvalue weighted by molar-refractivity contribution is 6.21. The van der Waals surface area contributed by atoms with E-state index in [0.717, 1.165) is 55.5 Å². The molecule has 0 spiro atoms. The van der Waals surface area contributed by atoms with Crippen molar-refractivity contribution in [3.63, 3.8) is 0 Å². The van der Waals surface area contributed by atoms with E-state index in [9.17, 15) is 0 Å². The average molecular weight is 689 g/mol. The van der Waals surface area contributed by atoms with Crippen LogP contribution in [0.2, 0.25) is 0 Å². The highest BCUT2D eigenvalue weighted by Crippen LogP contribution is 2.44. The van der Waals surface area contributed by atoms with Crippen LogP contribution in [0.15, 0.2) is 195 Å². The molecular formula is C50H32N4. The molecule has 7 aromatic carbocycles. The number of benzene rings is 7. The Balaban J connectivity index is 1.17. The van der Waals surface area contributed by atoms with Gasteiger partial charge in [0, 0.05) is 46.9 Å². The lowest BCUT2D eigenvalue weighted by molar-refractivity contribution is 1.18. The van der Waals surface area contributed by atoms with Crippen molar-refractivity contribution >= 4 is 32.3 Å². The van der Waals surface area contributed by atoms with Gasteiger partial charge in [-0.05, 0) is 84.6 Å². The Morgan fingerprint density at radius 3 is 1.52 bits per heavy atom. The number of hydrogen-bond donors (Lipinski definition) is 0. The summed E-state index contributed by atoms with van der Waals surface area (Å²) >= 11 is 0. The van der Waals surface area contributed by atoms with E-state index in [1.165, 1.54) is 38.2 Å². The minimum atomic E-state index is 0.638. The maximum atomic E-state index is 5.27. The van der Waals surface area contributed by atoms with Crippen molar-refractivity contribution in [2.24, 2.45) is 0 Å². The normalized spacial score (nSPS) is 11.3. The van der Waals surface area contributed by atoms with Crippen LogP contribution in [-0.2, 0) is 0 Å². The molecule has 0 unspecified atom stereocenters. The highest BCUT2D eigenvalue weighted by atomic mass is 14.9. The van der Waals surface area contributed by atoms with Gasteiger partial charge in [0.1, 0.15) is 0 Å². The van der Waals surface area contributed by atoms with E-state index < -0.39 is 0 Å². The number of nitrogens with zero attached hydrogens (tertiary/aromatic N) is 4. The maximum Gasteiger partial charge on any atom is 0.162 e. The van der Waals surface area contributed by atoms with Crippen LogP contribution in [0, 0.1) is 0 Å². The monoisotopic (exact) mass is 688 g/mol. The molecular weight excluding hydrogens is 657 g/mol. The van der Waals surface area contributed by atoms with Crippen LogP contribution in [0.25, 0.3) is 99.6 Å². The summed E-state index contributed by atoms with van der Waals surface area (Å²) in [5.74, 6) is 0.638. The standard InChI is InChI=1S/C50H32N4/c1-2-11-36(12-3-1)48-41-17-6-8-19-43(41)49(44-20-9-7-18-42(44)48)38-15-10-14-37(29-38)47-30-46(35-23-21-33(22-24-35)34-25-27-51-28-26-34)53-50(54-47)45-32-52-31-39-13-4-5-16-40(39)45/h1-32H. The maximum absolute atomic E-state index is 5.27. The first-order valence-corrected chi connectivity index (χ1v) is 18.1. The molecule has 54 heavy (non-hydrogen) atoms. The first kappa shape index (κ1) is 31.4. The van der Waals surface area contributed by atoms with E-state index in [1.807, 2.05) is 43.0 Å². The minimum absolute atomic E-state index is 0.638. The Kier molecular flexibility index (Phi) is 7.77. The summed E-state index contributed by atoms with van der Waals surface area (Å²) in [5.41, 5.74) is 11.7. The zero-order valence-corrected chi connectivity index (χ0v) is 29.3. The Bertz CT molecular complexity index is 2910. The third-order valence-electron chi connectivity index (χ3n) is 10.3. The minimum Gasteiger partial charge on any atom is -0.265 e. The summed E-state index contributed by atoms with van der Waals surface area (Å²) in [7, 11) is 0. The van der Waals surface area contributed by atoms with Crippen LogP contribution in [0.5, 0.6) is 0 Å². The van der Waals surface area contributed by atoms with E-state index in [1.54, 1.807) is 0 Å². The van der Waals surface area contributed by atoms with Crippen LogP contribution in [0.1, 0.15) is 0 Å². The molecule has 0 fully saturated rings. The van der Waals surface area contributed by atoms with Crippen molar-refractivity contribution in [1.29, 1.82) is 0 Å². The van der Waals surface area contributed by atoms with Gasteiger partial charge in [0.05, 0.1) is 11.4 Å². The van der Waals surface area contributed by atoms with Gasteiger partial charge in [0.25, 0.3) is 0 Å². The van der Waals surface area contributed by atoms with Crippen molar-refractivity contribution < 1.29 is 0 Å². The van der Waals surface area contributed by atoms with E-state index >= 15 is 0 Å². The fourth-order valence-corrected chi connectivity index (χ4v) is 7.73. The molecule has 0 atom stereocenters. The topological polar surface area (TPSA) is 51.6 Å². The first-order chi connectivity index (χ1) is 26.8. The van der Waals surface area contributed by atoms with Gasteiger partial charge in [-0.1, -0.05) is 146 Å². The average Bonchev–Trinajstić information content (AvgIpc) is 3.26. The van der Waals surface area contributed by atoms with Crippen molar-refractivity contribution in [1.82, 2.24) is 19.9 Å². The largest absolute Gasteiger partial charge is 0.265 e. The molecule has 0 N–H and O–H groups in total. The van der Waals surface area contributed by atoms with Gasteiger partial charge >= 0.3 is 0 Å². The molecule has 4 nitrogen and oxygen atoms in total. The number of hydrogen-bond acceptors (Lipinski definition) is 4. The molecule has 0 bridgehead atoms. The predicted octanol–water partition coefficient (Wildman–Crippen LogP) is 12.7. The van der Waals surface area contributed by atoms with Crippen molar-refractivity contribution in [2.75, 3.05) is 0 Å². The van der Waals surface area contributed by atoms with Crippen LogP contribution in [0.4, 0.5) is 0 Å². The summed E-state index contributed by atoms with van der Waals surface area (Å²) in [6.45, 7) is 0. The summed E-state index contributed by atoms with van der Waals surface area (Å²) < 4.78 is 0. The second-order valence-electron chi connectivity index (χ2n) is 13.5. The lowest BCUT2D eigenvalue weighted by Crippen LogP contribution is -1.97. The van der Waals surface area contributed by atoms with Crippen LogP contribution in [-0.4, -0.2) is 19.9 Å². The van der Waals surface area contributed by atoms with Gasteiger partial charge in [-0.3, -0.25) is 9.97 Å². The molecule has 0 aliphatic rings. The molecule has 0 saturated heterocycles. The SMILES string of the molecule is c1ccc(-c2c3ccccc3c(-c3cccc(-c4cc(-c5ccc(-c6ccncc6)cc5)nc(-c5cncc6ccccc56)n4)c3)c3ccccc23)cc1. The second-order valence-corrected chi connectivity index (χ2v) is 13.5. The lowest BCUT2D eigenvalue weighted by Gasteiger charge is -2.18. The van der Waals surface area contributed by atoms with Gasteiger partial charge in [0.2, 0.25) is 0 Å². The van der Waals surface area contributed by atoms with Gasteiger partial charge in [0.15, 0.2) is 5.82 Å². The van der Waals surface area contributed by atoms with Crippen LogP contribution in [0.3, 0.4) is 0 Å². The Morgan fingerprint density at radius 1 is 0.315 bits per heavy atom. The van der Waals surface area contributed by atoms with E-state index in [0.29, 0.717) is 5.82 Å². The predicted molar refractivity (Wildman–Crippen MR) is 223 cm³/mol. The quantitative estimate of drug-likeness (QED) is 0.163. The summed E-state index contributed by atoms with van der Waals surface area (Å²) in [4.78, 5) is 19.2. The zero-order chi connectivity index (χ0) is 35.8. The van der Waals surface area contributed by atoms with Crippen molar-refractivity contribution in [3.05, 3.63) is 195 Å². The molecule has 0 aliphatic carbocycles. The van der Waals surface area contributed by atoms with E-state index in [2.05, 4.69) is 162 Å². The number of rotatable bonds is 6. The molecule has 0 radical (unpaired) electrons. The number of pyridine rings is 2. The van der Waals surface area contributed by atoms with Crippen LogP contribution < -0.4 is 0 Å². The van der Waals surface area contributed by atoms with Crippen molar-refractivity contribution in [3.8, 4) is 67.3 Å². The molecule has 252 valence electrons. The Labute approximate surface area is 313 Å². The third kappa shape index (κ3) is 5.58. The molecule has 0 saturated carbocycles. The number of fused-ring (bicyclic) bond motifs is 3. The summed E-state index contributed by atoms with van der Waals surface area (Å²) in [6.07, 6.45) is 7.41. The van der Waals surface area contributed by atoms with E-state index in [-0.39, 0.29) is 0 Å². The summed E-state index contributed by atoms with van der Waals surface area (Å²) in [5, 5.41) is 7.00.